The number of hydrogen-bond donors (Lipinski definition) is 1. The van der Waals surface area contributed by atoms with Gasteiger partial charge in [0.25, 0.3) is 5.91 Å². The third-order valence-electron chi connectivity index (χ3n) is 6.71. The molecule has 1 amide bonds. The molecular formula is C30H31F3N6O. The highest BCUT2D eigenvalue weighted by Gasteiger charge is 2.34. The number of halogens is 3. The van der Waals surface area contributed by atoms with Gasteiger partial charge in [-0.15, -0.1) is 0 Å². The molecule has 1 fully saturated rings. The van der Waals surface area contributed by atoms with Gasteiger partial charge in [-0.2, -0.15) is 18.3 Å². The predicted octanol–water partition coefficient (Wildman–Crippen LogP) is 5.11. The monoisotopic (exact) mass is 548 g/mol. The lowest BCUT2D eigenvalue weighted by Gasteiger charge is -2.33. The van der Waals surface area contributed by atoms with Crippen LogP contribution in [0.3, 0.4) is 0 Å². The van der Waals surface area contributed by atoms with Gasteiger partial charge in [0.15, 0.2) is 5.82 Å². The minimum Gasteiger partial charge on any atom is -0.322 e. The first kappa shape index (κ1) is 28.8. The Hall–Kier alpha value is -4.20. The number of imidazole rings is 1. The molecule has 1 aliphatic heterocycles. The highest BCUT2D eigenvalue weighted by atomic mass is 19.4. The van der Waals surface area contributed by atoms with Gasteiger partial charge in [0.1, 0.15) is 5.69 Å². The van der Waals surface area contributed by atoms with Crippen molar-refractivity contribution in [3.05, 3.63) is 88.0 Å². The molecule has 1 saturated heterocycles. The summed E-state index contributed by atoms with van der Waals surface area (Å²) in [6.45, 7) is 10.5. The smallest absolute Gasteiger partial charge is 0.322 e. The van der Waals surface area contributed by atoms with Crippen molar-refractivity contribution in [1.29, 1.82) is 0 Å². The van der Waals surface area contributed by atoms with Gasteiger partial charge in [0.2, 0.25) is 0 Å². The number of rotatable bonds is 6. The molecule has 208 valence electrons. The number of likely N-dealkylation sites (N-methyl/N-ethyl adjacent to an activating group) is 1. The lowest BCUT2D eigenvalue weighted by Crippen LogP contribution is -2.44. The standard InChI is InChI=1S/C30H31F3N6O/c1-5-6-28-35-19-26(39(28)34-3)12-10-22-17-23(8-7-21(22)2)29(40)36-25-11-9-24(27(18-25)30(31,32)33)20-38-15-13-37(4)14-16-38/h5-9,11,17-19H,3,13-16,20H2,1-2,4H3,(H,36,40)/b6-5-. The minimum atomic E-state index is -4.55. The second-order valence-corrected chi connectivity index (χ2v) is 9.64. The van der Waals surface area contributed by atoms with Crippen LogP contribution in [0.15, 0.2) is 53.8 Å². The van der Waals surface area contributed by atoms with E-state index in [-0.39, 0.29) is 23.4 Å². The number of carbonyl (C=O) groups is 1. The normalized spacial score (nSPS) is 14.7. The van der Waals surface area contributed by atoms with E-state index in [0.717, 1.165) is 24.7 Å². The maximum atomic E-state index is 14.0. The molecule has 40 heavy (non-hydrogen) atoms. The minimum absolute atomic E-state index is 0.0742. The van der Waals surface area contributed by atoms with Crippen LogP contribution in [0.1, 0.15) is 51.1 Å². The lowest BCUT2D eigenvalue weighted by atomic mass is 10.0. The molecule has 0 spiro atoms. The highest BCUT2D eigenvalue weighted by Crippen LogP contribution is 2.34. The number of alkyl halides is 3. The number of nitrogens with one attached hydrogen (secondary N) is 1. The van der Waals surface area contributed by atoms with Gasteiger partial charge < -0.3 is 10.2 Å². The third-order valence-corrected chi connectivity index (χ3v) is 6.71. The van der Waals surface area contributed by atoms with E-state index in [1.54, 1.807) is 30.5 Å². The zero-order valence-electron chi connectivity index (χ0n) is 22.7. The van der Waals surface area contributed by atoms with Crippen molar-refractivity contribution in [3.63, 3.8) is 0 Å². The molecule has 1 aliphatic rings. The fraction of sp³-hybridized carbons (Fsp3) is 0.300. The zero-order valence-corrected chi connectivity index (χ0v) is 22.7. The fourth-order valence-electron chi connectivity index (χ4n) is 4.39. The Labute approximate surface area is 232 Å². The number of hydrogen-bond acceptors (Lipinski definition) is 5. The van der Waals surface area contributed by atoms with E-state index in [2.05, 4.69) is 38.9 Å². The first-order valence-electron chi connectivity index (χ1n) is 12.8. The summed E-state index contributed by atoms with van der Waals surface area (Å²) >= 11 is 0. The molecule has 7 nitrogen and oxygen atoms in total. The van der Waals surface area contributed by atoms with Gasteiger partial charge >= 0.3 is 6.18 Å². The number of aromatic nitrogens is 2. The van der Waals surface area contributed by atoms with E-state index in [9.17, 15) is 18.0 Å². The average Bonchev–Trinajstić information content (AvgIpc) is 3.31. The topological polar surface area (TPSA) is 65.8 Å². The molecule has 1 N–H and O–H groups in total. The van der Waals surface area contributed by atoms with Crippen molar-refractivity contribution < 1.29 is 18.0 Å². The van der Waals surface area contributed by atoms with E-state index >= 15 is 0 Å². The van der Waals surface area contributed by atoms with E-state index < -0.39 is 17.6 Å². The maximum Gasteiger partial charge on any atom is 0.416 e. The summed E-state index contributed by atoms with van der Waals surface area (Å²) in [6.07, 6.45) is 0.634. The average molecular weight is 549 g/mol. The van der Waals surface area contributed by atoms with Crippen LogP contribution >= 0.6 is 0 Å². The van der Waals surface area contributed by atoms with Gasteiger partial charge in [-0.05, 0) is 68.3 Å². The fourth-order valence-corrected chi connectivity index (χ4v) is 4.39. The van der Waals surface area contributed by atoms with Crippen molar-refractivity contribution in [1.82, 2.24) is 19.5 Å². The number of benzene rings is 2. The van der Waals surface area contributed by atoms with Crippen LogP contribution in [0.25, 0.3) is 6.08 Å². The highest BCUT2D eigenvalue weighted by molar-refractivity contribution is 6.04. The summed E-state index contributed by atoms with van der Waals surface area (Å²) in [7, 11) is 2.00. The molecule has 1 aromatic heterocycles. The Morgan fingerprint density at radius 2 is 1.90 bits per heavy atom. The molecule has 4 rings (SSSR count). The van der Waals surface area contributed by atoms with Crippen LogP contribution in [-0.2, 0) is 12.7 Å². The molecule has 2 aromatic carbocycles. The Balaban J connectivity index is 1.54. The predicted molar refractivity (Wildman–Crippen MR) is 151 cm³/mol. The molecule has 0 saturated carbocycles. The molecule has 0 atom stereocenters. The van der Waals surface area contributed by atoms with Crippen molar-refractivity contribution in [3.8, 4) is 11.8 Å². The summed E-state index contributed by atoms with van der Waals surface area (Å²) in [5.41, 5.74) is 1.74. The quantitative estimate of drug-likeness (QED) is 0.344. The molecule has 0 bridgehead atoms. The first-order valence-corrected chi connectivity index (χ1v) is 12.8. The van der Waals surface area contributed by atoms with Crippen LogP contribution in [0.2, 0.25) is 0 Å². The van der Waals surface area contributed by atoms with Crippen LogP contribution in [0, 0.1) is 18.8 Å². The van der Waals surface area contributed by atoms with E-state index in [4.69, 9.17) is 0 Å². The Bertz CT molecular complexity index is 1490. The van der Waals surface area contributed by atoms with Gasteiger partial charge in [0, 0.05) is 56.3 Å². The number of carbonyl (C=O) groups excluding carboxylic acids is 1. The van der Waals surface area contributed by atoms with Crippen molar-refractivity contribution in [2.75, 3.05) is 38.5 Å². The molecule has 2 heterocycles. The van der Waals surface area contributed by atoms with Gasteiger partial charge in [-0.25, -0.2) is 9.66 Å². The second kappa shape index (κ2) is 12.3. The Morgan fingerprint density at radius 1 is 1.15 bits per heavy atom. The summed E-state index contributed by atoms with van der Waals surface area (Å²) < 4.78 is 43.4. The molecule has 0 aliphatic carbocycles. The molecule has 0 radical (unpaired) electrons. The summed E-state index contributed by atoms with van der Waals surface area (Å²) in [6, 6.07) is 8.93. The first-order chi connectivity index (χ1) is 19.1. The van der Waals surface area contributed by atoms with Crippen LogP contribution < -0.4 is 5.32 Å². The van der Waals surface area contributed by atoms with E-state index in [1.807, 2.05) is 31.9 Å². The Kier molecular flexibility index (Phi) is 8.87. The molecular weight excluding hydrogens is 517 g/mol. The van der Waals surface area contributed by atoms with E-state index in [0.29, 0.717) is 30.2 Å². The summed E-state index contributed by atoms with van der Waals surface area (Å²) in [5.74, 6) is 6.09. The molecule has 0 unspecified atom stereocenters. The van der Waals surface area contributed by atoms with Gasteiger partial charge in [-0.1, -0.05) is 24.1 Å². The molecule has 10 heteroatoms. The number of amides is 1. The molecule has 3 aromatic rings. The number of aryl methyl sites for hydroxylation is 1. The third kappa shape index (κ3) is 6.86. The number of allylic oxidation sites excluding steroid dienone is 1. The van der Waals surface area contributed by atoms with E-state index in [1.165, 1.54) is 16.8 Å². The summed E-state index contributed by atoms with van der Waals surface area (Å²) in [5, 5.41) is 6.56. The van der Waals surface area contributed by atoms with Crippen molar-refractivity contribution >= 4 is 24.4 Å². The number of piperazine rings is 1. The largest absolute Gasteiger partial charge is 0.416 e. The van der Waals surface area contributed by atoms with Crippen LogP contribution in [0.4, 0.5) is 18.9 Å². The lowest BCUT2D eigenvalue weighted by molar-refractivity contribution is -0.138. The van der Waals surface area contributed by atoms with Gasteiger partial charge in [0.05, 0.1) is 11.8 Å². The summed E-state index contributed by atoms with van der Waals surface area (Å²) in [4.78, 5) is 21.4. The van der Waals surface area contributed by atoms with Crippen LogP contribution in [-0.4, -0.2) is 65.3 Å². The van der Waals surface area contributed by atoms with Crippen molar-refractivity contribution in [2.45, 2.75) is 26.6 Å². The maximum absolute atomic E-state index is 14.0. The van der Waals surface area contributed by atoms with Crippen molar-refractivity contribution in [2.24, 2.45) is 5.10 Å². The second-order valence-electron chi connectivity index (χ2n) is 9.64. The number of nitrogens with zero attached hydrogens (tertiary/aromatic N) is 5. The Morgan fingerprint density at radius 3 is 2.58 bits per heavy atom. The SMILES string of the molecule is C=Nn1c(C#Cc2cc(C(=O)Nc3ccc(CN4CCN(C)CC4)c(C(F)(F)F)c3)ccc2C)cnc1/C=C\C. The zero-order chi connectivity index (χ0) is 28.9. The van der Waals surface area contributed by atoms with Gasteiger partial charge in [-0.3, -0.25) is 9.69 Å². The van der Waals surface area contributed by atoms with Crippen LogP contribution in [0.5, 0.6) is 0 Å². The number of anilines is 1.